The van der Waals surface area contributed by atoms with Crippen LogP contribution in [0.3, 0.4) is 0 Å². The standard InChI is InChI=1S/C17H25NO3/c1-5-6-7-15(19)14-10-8-13(9-11-14)12-18-16(20)21-17(2,3)4/h8-11H,5-7,12H2,1-4H3,(H,18,20). The Morgan fingerprint density at radius 3 is 2.29 bits per heavy atom. The normalized spacial score (nSPS) is 11.0. The van der Waals surface area contributed by atoms with Crippen LogP contribution in [-0.4, -0.2) is 17.5 Å². The van der Waals surface area contributed by atoms with E-state index in [2.05, 4.69) is 12.2 Å². The maximum atomic E-state index is 11.8. The van der Waals surface area contributed by atoms with E-state index in [1.54, 1.807) is 0 Å². The van der Waals surface area contributed by atoms with Gasteiger partial charge in [0, 0.05) is 18.5 Å². The van der Waals surface area contributed by atoms with E-state index in [-0.39, 0.29) is 5.78 Å². The van der Waals surface area contributed by atoms with E-state index in [1.165, 1.54) is 0 Å². The molecule has 1 aromatic carbocycles. The zero-order valence-electron chi connectivity index (χ0n) is 13.4. The Balaban J connectivity index is 2.48. The molecule has 1 amide bonds. The van der Waals surface area contributed by atoms with Crippen LogP contribution in [0, 0.1) is 0 Å². The highest BCUT2D eigenvalue weighted by molar-refractivity contribution is 5.96. The zero-order valence-corrected chi connectivity index (χ0v) is 13.4. The van der Waals surface area contributed by atoms with Crippen molar-refractivity contribution < 1.29 is 14.3 Å². The van der Waals surface area contributed by atoms with Crippen molar-refractivity contribution in [1.29, 1.82) is 0 Å². The summed E-state index contributed by atoms with van der Waals surface area (Å²) < 4.78 is 5.16. The highest BCUT2D eigenvalue weighted by Gasteiger charge is 2.15. The number of alkyl carbamates (subject to hydrolysis) is 1. The smallest absolute Gasteiger partial charge is 0.407 e. The van der Waals surface area contributed by atoms with Crippen LogP contribution in [-0.2, 0) is 11.3 Å². The summed E-state index contributed by atoms with van der Waals surface area (Å²) in [6.45, 7) is 7.92. The van der Waals surface area contributed by atoms with Crippen LogP contribution < -0.4 is 5.32 Å². The molecule has 0 atom stereocenters. The van der Waals surface area contributed by atoms with Gasteiger partial charge in [-0.15, -0.1) is 0 Å². The van der Waals surface area contributed by atoms with Gasteiger partial charge in [-0.3, -0.25) is 4.79 Å². The number of amides is 1. The van der Waals surface area contributed by atoms with Gasteiger partial charge in [0.15, 0.2) is 5.78 Å². The molecule has 0 aromatic heterocycles. The molecule has 1 rings (SSSR count). The summed E-state index contributed by atoms with van der Waals surface area (Å²) in [4.78, 5) is 23.4. The van der Waals surface area contributed by atoms with Crippen molar-refractivity contribution in [2.24, 2.45) is 0 Å². The first kappa shape index (κ1) is 17.2. The van der Waals surface area contributed by atoms with E-state index in [0.717, 1.165) is 24.0 Å². The maximum Gasteiger partial charge on any atom is 0.407 e. The number of unbranched alkanes of at least 4 members (excludes halogenated alkanes) is 1. The summed E-state index contributed by atoms with van der Waals surface area (Å²) in [5, 5.41) is 2.69. The number of carbonyl (C=O) groups is 2. The summed E-state index contributed by atoms with van der Waals surface area (Å²) in [5.74, 6) is 0.170. The lowest BCUT2D eigenvalue weighted by molar-refractivity contribution is 0.0523. The Morgan fingerprint density at radius 1 is 1.14 bits per heavy atom. The third-order valence-corrected chi connectivity index (χ3v) is 2.87. The number of hydrogen-bond donors (Lipinski definition) is 1. The Kier molecular flexibility index (Phi) is 6.40. The van der Waals surface area contributed by atoms with E-state index < -0.39 is 11.7 Å². The monoisotopic (exact) mass is 291 g/mol. The van der Waals surface area contributed by atoms with Crippen molar-refractivity contribution in [3.63, 3.8) is 0 Å². The molecule has 0 aliphatic rings. The SMILES string of the molecule is CCCCC(=O)c1ccc(CNC(=O)OC(C)(C)C)cc1. The Labute approximate surface area is 126 Å². The molecule has 1 N–H and O–H groups in total. The lowest BCUT2D eigenvalue weighted by Gasteiger charge is -2.19. The number of carbonyl (C=O) groups excluding carboxylic acids is 2. The van der Waals surface area contributed by atoms with Gasteiger partial charge in [0.1, 0.15) is 5.60 Å². The van der Waals surface area contributed by atoms with Gasteiger partial charge >= 0.3 is 6.09 Å². The van der Waals surface area contributed by atoms with Crippen molar-refractivity contribution in [2.75, 3.05) is 0 Å². The Hall–Kier alpha value is -1.84. The molecule has 4 nitrogen and oxygen atoms in total. The van der Waals surface area contributed by atoms with Crippen molar-refractivity contribution in [2.45, 2.75) is 59.1 Å². The van der Waals surface area contributed by atoms with Gasteiger partial charge in [-0.2, -0.15) is 0 Å². The van der Waals surface area contributed by atoms with E-state index in [9.17, 15) is 9.59 Å². The van der Waals surface area contributed by atoms with Gasteiger partial charge in [0.05, 0.1) is 0 Å². The second-order valence-corrected chi connectivity index (χ2v) is 6.08. The fraction of sp³-hybridized carbons (Fsp3) is 0.529. The fourth-order valence-electron chi connectivity index (χ4n) is 1.78. The largest absolute Gasteiger partial charge is 0.444 e. The number of Topliss-reactive ketones (excluding diaryl/α,β-unsaturated/α-hetero) is 1. The first-order chi connectivity index (χ1) is 9.81. The molecule has 0 aliphatic carbocycles. The fourth-order valence-corrected chi connectivity index (χ4v) is 1.78. The van der Waals surface area contributed by atoms with Crippen LogP contribution in [0.1, 0.15) is 62.9 Å². The topological polar surface area (TPSA) is 55.4 Å². The molecule has 0 spiro atoms. The van der Waals surface area contributed by atoms with Crippen molar-refractivity contribution >= 4 is 11.9 Å². The van der Waals surface area contributed by atoms with Gasteiger partial charge < -0.3 is 10.1 Å². The van der Waals surface area contributed by atoms with E-state index in [1.807, 2.05) is 45.0 Å². The summed E-state index contributed by atoms with van der Waals surface area (Å²) in [6, 6.07) is 7.33. The molecule has 21 heavy (non-hydrogen) atoms. The third kappa shape index (κ3) is 6.93. The van der Waals surface area contributed by atoms with Gasteiger partial charge in [-0.1, -0.05) is 37.6 Å². The predicted octanol–water partition coefficient (Wildman–Crippen LogP) is 4.08. The zero-order chi connectivity index (χ0) is 15.9. The molecule has 116 valence electrons. The minimum Gasteiger partial charge on any atom is -0.444 e. The molecule has 0 bridgehead atoms. The van der Waals surface area contributed by atoms with Gasteiger partial charge in [-0.05, 0) is 32.8 Å². The lowest BCUT2D eigenvalue weighted by Crippen LogP contribution is -2.32. The molecule has 0 fully saturated rings. The average molecular weight is 291 g/mol. The number of rotatable bonds is 6. The number of nitrogens with one attached hydrogen (secondary N) is 1. The number of ether oxygens (including phenoxy) is 1. The average Bonchev–Trinajstić information content (AvgIpc) is 2.41. The molecule has 0 saturated carbocycles. The minimum absolute atomic E-state index is 0.170. The van der Waals surface area contributed by atoms with Crippen molar-refractivity contribution in [3.05, 3.63) is 35.4 Å². The van der Waals surface area contributed by atoms with Gasteiger partial charge in [0.25, 0.3) is 0 Å². The first-order valence-electron chi connectivity index (χ1n) is 7.41. The molecule has 0 saturated heterocycles. The van der Waals surface area contributed by atoms with Gasteiger partial charge in [-0.25, -0.2) is 4.79 Å². The number of hydrogen-bond acceptors (Lipinski definition) is 3. The predicted molar refractivity (Wildman–Crippen MR) is 83.4 cm³/mol. The van der Waals surface area contributed by atoms with Crippen LogP contribution in [0.2, 0.25) is 0 Å². The van der Waals surface area contributed by atoms with E-state index in [4.69, 9.17) is 4.74 Å². The number of ketones is 1. The molecular weight excluding hydrogens is 266 g/mol. The van der Waals surface area contributed by atoms with E-state index >= 15 is 0 Å². The Morgan fingerprint density at radius 2 is 1.76 bits per heavy atom. The molecule has 0 aliphatic heterocycles. The van der Waals surface area contributed by atoms with Crippen LogP contribution >= 0.6 is 0 Å². The molecule has 0 heterocycles. The summed E-state index contributed by atoms with van der Waals surface area (Å²) in [7, 11) is 0. The van der Waals surface area contributed by atoms with Crippen LogP contribution in [0.25, 0.3) is 0 Å². The summed E-state index contributed by atoms with van der Waals surface area (Å²) in [5.41, 5.74) is 1.16. The second kappa shape index (κ2) is 7.81. The maximum absolute atomic E-state index is 11.8. The second-order valence-electron chi connectivity index (χ2n) is 6.08. The highest BCUT2D eigenvalue weighted by Crippen LogP contribution is 2.10. The van der Waals surface area contributed by atoms with Crippen molar-refractivity contribution in [1.82, 2.24) is 5.32 Å². The summed E-state index contributed by atoms with van der Waals surface area (Å²) >= 11 is 0. The minimum atomic E-state index is -0.500. The molecular formula is C17H25NO3. The molecule has 0 radical (unpaired) electrons. The Bertz CT molecular complexity index is 472. The summed E-state index contributed by atoms with van der Waals surface area (Å²) in [6.07, 6.45) is 2.08. The lowest BCUT2D eigenvalue weighted by atomic mass is 10.0. The molecule has 0 unspecified atom stereocenters. The van der Waals surface area contributed by atoms with Crippen molar-refractivity contribution in [3.8, 4) is 0 Å². The molecule has 1 aromatic rings. The van der Waals surface area contributed by atoms with Gasteiger partial charge in [0.2, 0.25) is 0 Å². The molecule has 4 heteroatoms. The highest BCUT2D eigenvalue weighted by atomic mass is 16.6. The first-order valence-corrected chi connectivity index (χ1v) is 7.41. The van der Waals surface area contributed by atoms with Crippen LogP contribution in [0.4, 0.5) is 4.79 Å². The quantitative estimate of drug-likeness (QED) is 0.803. The third-order valence-electron chi connectivity index (χ3n) is 2.87. The van der Waals surface area contributed by atoms with Crippen LogP contribution in [0.5, 0.6) is 0 Å². The van der Waals surface area contributed by atoms with Crippen LogP contribution in [0.15, 0.2) is 24.3 Å². The van der Waals surface area contributed by atoms with E-state index in [0.29, 0.717) is 13.0 Å². The number of benzene rings is 1.